The van der Waals surface area contributed by atoms with Crippen LogP contribution in [0.15, 0.2) is 18.2 Å². The van der Waals surface area contributed by atoms with Gasteiger partial charge in [-0.3, -0.25) is 9.88 Å². The number of aryl methyl sites for hydroxylation is 1. The van der Waals surface area contributed by atoms with Gasteiger partial charge >= 0.3 is 0 Å². The molecule has 2 atom stereocenters. The standard InChI is InChI=1S/C16H27N3/c1-4-17-15-10-7-11-16(15)19(5-2)12-14-9-6-8-13(3)18-14/h6,8-9,15-17H,4-5,7,10-12H2,1-3H3. The molecule has 1 fully saturated rings. The molecule has 1 aliphatic rings. The van der Waals surface area contributed by atoms with E-state index in [1.807, 2.05) is 0 Å². The van der Waals surface area contributed by atoms with Crippen LogP contribution >= 0.6 is 0 Å². The number of pyridine rings is 1. The van der Waals surface area contributed by atoms with E-state index < -0.39 is 0 Å². The molecule has 1 aliphatic carbocycles. The zero-order valence-electron chi connectivity index (χ0n) is 12.5. The summed E-state index contributed by atoms with van der Waals surface area (Å²) in [6.07, 6.45) is 3.98. The molecule has 0 aliphatic heterocycles. The molecule has 1 aromatic rings. The number of nitrogens with zero attached hydrogens (tertiary/aromatic N) is 2. The highest BCUT2D eigenvalue weighted by molar-refractivity contribution is 5.10. The fourth-order valence-corrected chi connectivity index (χ4v) is 3.24. The summed E-state index contributed by atoms with van der Waals surface area (Å²) in [4.78, 5) is 7.23. The predicted molar refractivity (Wildman–Crippen MR) is 80.2 cm³/mol. The molecule has 1 N–H and O–H groups in total. The van der Waals surface area contributed by atoms with Gasteiger partial charge in [0.05, 0.1) is 5.69 Å². The van der Waals surface area contributed by atoms with E-state index in [1.54, 1.807) is 0 Å². The highest BCUT2D eigenvalue weighted by atomic mass is 15.2. The lowest BCUT2D eigenvalue weighted by Gasteiger charge is -2.32. The Bertz CT molecular complexity index is 391. The van der Waals surface area contributed by atoms with Crippen molar-refractivity contribution in [1.29, 1.82) is 0 Å². The van der Waals surface area contributed by atoms with Gasteiger partial charge in [0.2, 0.25) is 0 Å². The molecule has 19 heavy (non-hydrogen) atoms. The first-order valence-electron chi connectivity index (χ1n) is 7.64. The predicted octanol–water partition coefficient (Wildman–Crippen LogP) is 2.74. The fraction of sp³-hybridized carbons (Fsp3) is 0.688. The van der Waals surface area contributed by atoms with Crippen LogP contribution in [0.5, 0.6) is 0 Å². The van der Waals surface area contributed by atoms with E-state index in [0.29, 0.717) is 12.1 Å². The number of rotatable bonds is 6. The van der Waals surface area contributed by atoms with Crippen molar-refractivity contribution in [2.24, 2.45) is 0 Å². The Morgan fingerprint density at radius 2 is 2.16 bits per heavy atom. The summed E-state index contributed by atoms with van der Waals surface area (Å²) in [7, 11) is 0. The number of likely N-dealkylation sites (N-methyl/N-ethyl adjacent to an activating group) is 2. The van der Waals surface area contributed by atoms with Crippen LogP contribution < -0.4 is 5.32 Å². The van der Waals surface area contributed by atoms with Crippen LogP contribution in [0.2, 0.25) is 0 Å². The van der Waals surface area contributed by atoms with Crippen molar-refractivity contribution in [2.45, 2.75) is 58.7 Å². The molecule has 106 valence electrons. The third kappa shape index (κ3) is 3.77. The average molecular weight is 261 g/mol. The fourth-order valence-electron chi connectivity index (χ4n) is 3.24. The Kier molecular flexibility index (Phi) is 5.34. The maximum Gasteiger partial charge on any atom is 0.0547 e. The molecule has 0 saturated heterocycles. The Morgan fingerprint density at radius 3 is 2.84 bits per heavy atom. The van der Waals surface area contributed by atoms with Crippen molar-refractivity contribution >= 4 is 0 Å². The van der Waals surface area contributed by atoms with Crippen LogP contribution in [0, 0.1) is 6.92 Å². The van der Waals surface area contributed by atoms with E-state index in [2.05, 4.69) is 54.2 Å². The quantitative estimate of drug-likeness (QED) is 0.853. The summed E-state index contributed by atoms with van der Waals surface area (Å²) in [5, 5.41) is 3.64. The minimum absolute atomic E-state index is 0.662. The molecule has 2 unspecified atom stereocenters. The summed E-state index contributed by atoms with van der Waals surface area (Å²) in [5.74, 6) is 0. The van der Waals surface area contributed by atoms with Crippen molar-refractivity contribution in [3.63, 3.8) is 0 Å². The Morgan fingerprint density at radius 1 is 1.32 bits per heavy atom. The normalized spacial score (nSPS) is 23.2. The average Bonchev–Trinajstić information content (AvgIpc) is 2.85. The molecule has 0 amide bonds. The molecule has 3 heteroatoms. The minimum Gasteiger partial charge on any atom is -0.313 e. The maximum atomic E-state index is 4.64. The molecule has 1 aromatic heterocycles. The topological polar surface area (TPSA) is 28.2 Å². The van der Waals surface area contributed by atoms with Gasteiger partial charge in [-0.1, -0.05) is 26.3 Å². The lowest BCUT2D eigenvalue weighted by atomic mass is 10.1. The zero-order valence-corrected chi connectivity index (χ0v) is 12.5. The first-order chi connectivity index (χ1) is 9.24. The molecule has 1 saturated carbocycles. The largest absolute Gasteiger partial charge is 0.313 e. The zero-order chi connectivity index (χ0) is 13.7. The lowest BCUT2D eigenvalue weighted by molar-refractivity contribution is 0.171. The highest BCUT2D eigenvalue weighted by Gasteiger charge is 2.30. The number of nitrogens with one attached hydrogen (secondary N) is 1. The van der Waals surface area contributed by atoms with Crippen molar-refractivity contribution in [3.8, 4) is 0 Å². The number of hydrogen-bond donors (Lipinski definition) is 1. The van der Waals surface area contributed by atoms with Crippen LogP contribution in [0.4, 0.5) is 0 Å². The van der Waals surface area contributed by atoms with Gasteiger partial charge in [-0.05, 0) is 45.0 Å². The molecule has 0 aromatic carbocycles. The van der Waals surface area contributed by atoms with Gasteiger partial charge in [-0.25, -0.2) is 0 Å². The van der Waals surface area contributed by atoms with Gasteiger partial charge in [0, 0.05) is 24.3 Å². The molecule has 1 heterocycles. The summed E-state index contributed by atoms with van der Waals surface area (Å²) in [6, 6.07) is 7.66. The smallest absolute Gasteiger partial charge is 0.0547 e. The second-order valence-corrected chi connectivity index (χ2v) is 5.50. The van der Waals surface area contributed by atoms with Crippen LogP contribution in [0.25, 0.3) is 0 Å². The van der Waals surface area contributed by atoms with Crippen molar-refractivity contribution in [3.05, 3.63) is 29.6 Å². The summed E-state index contributed by atoms with van der Waals surface area (Å²) in [5.41, 5.74) is 2.31. The molecule has 3 nitrogen and oxygen atoms in total. The van der Waals surface area contributed by atoms with Gasteiger partial charge in [0.15, 0.2) is 0 Å². The Balaban J connectivity index is 2.03. The monoisotopic (exact) mass is 261 g/mol. The van der Waals surface area contributed by atoms with Gasteiger partial charge in [0.1, 0.15) is 0 Å². The third-order valence-electron chi connectivity index (χ3n) is 4.13. The van der Waals surface area contributed by atoms with Crippen LogP contribution in [0.1, 0.15) is 44.5 Å². The second kappa shape index (κ2) is 7.01. The molecule has 0 radical (unpaired) electrons. The molecule has 0 bridgehead atoms. The minimum atomic E-state index is 0.662. The molecule has 0 spiro atoms. The lowest BCUT2D eigenvalue weighted by Crippen LogP contribution is -2.46. The summed E-state index contributed by atoms with van der Waals surface area (Å²) >= 11 is 0. The van der Waals surface area contributed by atoms with Crippen molar-refractivity contribution in [2.75, 3.05) is 13.1 Å². The van der Waals surface area contributed by atoms with E-state index in [-0.39, 0.29) is 0 Å². The molecule has 2 rings (SSSR count). The van der Waals surface area contributed by atoms with Gasteiger partial charge in [0.25, 0.3) is 0 Å². The summed E-state index contributed by atoms with van der Waals surface area (Å²) < 4.78 is 0. The van der Waals surface area contributed by atoms with E-state index in [4.69, 9.17) is 0 Å². The van der Waals surface area contributed by atoms with E-state index >= 15 is 0 Å². The first-order valence-corrected chi connectivity index (χ1v) is 7.64. The number of aromatic nitrogens is 1. The van der Waals surface area contributed by atoms with Gasteiger partial charge in [-0.2, -0.15) is 0 Å². The van der Waals surface area contributed by atoms with Crippen molar-refractivity contribution in [1.82, 2.24) is 15.2 Å². The van der Waals surface area contributed by atoms with Crippen molar-refractivity contribution < 1.29 is 0 Å². The molecular formula is C16H27N3. The SMILES string of the molecule is CCNC1CCCC1N(CC)Cc1cccc(C)n1. The van der Waals surface area contributed by atoms with E-state index in [1.165, 1.54) is 25.0 Å². The van der Waals surface area contributed by atoms with Gasteiger partial charge < -0.3 is 5.32 Å². The first kappa shape index (κ1) is 14.5. The summed E-state index contributed by atoms with van der Waals surface area (Å²) in [6.45, 7) is 9.68. The van der Waals surface area contributed by atoms with E-state index in [9.17, 15) is 0 Å². The third-order valence-corrected chi connectivity index (χ3v) is 4.13. The Hall–Kier alpha value is -0.930. The maximum absolute atomic E-state index is 4.64. The van der Waals surface area contributed by atoms with Crippen LogP contribution in [-0.4, -0.2) is 35.1 Å². The van der Waals surface area contributed by atoms with Crippen LogP contribution in [-0.2, 0) is 6.54 Å². The Labute approximate surface area is 117 Å². The second-order valence-electron chi connectivity index (χ2n) is 5.50. The number of hydrogen-bond acceptors (Lipinski definition) is 3. The highest BCUT2D eigenvalue weighted by Crippen LogP contribution is 2.25. The molecular weight excluding hydrogens is 234 g/mol. The van der Waals surface area contributed by atoms with Crippen LogP contribution in [0.3, 0.4) is 0 Å². The van der Waals surface area contributed by atoms with Gasteiger partial charge in [-0.15, -0.1) is 0 Å². The van der Waals surface area contributed by atoms with E-state index in [0.717, 1.165) is 25.3 Å².